The highest BCUT2D eigenvalue weighted by Crippen LogP contribution is 2.20. The second kappa shape index (κ2) is 5.93. The molecule has 1 fully saturated rings. The van der Waals surface area contributed by atoms with Gasteiger partial charge in [0.2, 0.25) is 0 Å². The van der Waals surface area contributed by atoms with Gasteiger partial charge in [0.1, 0.15) is 6.04 Å². The Bertz CT molecular complexity index is 396. The lowest BCUT2D eigenvalue weighted by Crippen LogP contribution is -2.52. The summed E-state index contributed by atoms with van der Waals surface area (Å²) >= 11 is 0. The molecular formula is C13H18N2O3. The van der Waals surface area contributed by atoms with E-state index in [-0.39, 0.29) is 5.97 Å². The number of aliphatic hydroxyl groups is 1. The minimum absolute atomic E-state index is 0.377. The second-order valence-electron chi connectivity index (χ2n) is 4.47. The summed E-state index contributed by atoms with van der Waals surface area (Å²) in [7, 11) is 1.35. The molecule has 18 heavy (non-hydrogen) atoms. The van der Waals surface area contributed by atoms with Crippen LogP contribution in [0.4, 0.5) is 0 Å². The van der Waals surface area contributed by atoms with Crippen LogP contribution in [0.25, 0.3) is 0 Å². The van der Waals surface area contributed by atoms with E-state index in [4.69, 9.17) is 4.74 Å². The molecule has 1 aromatic heterocycles. The van der Waals surface area contributed by atoms with Crippen LogP contribution in [0.3, 0.4) is 0 Å². The number of piperidine rings is 1. The van der Waals surface area contributed by atoms with Crippen LogP contribution < -0.4 is 0 Å². The number of esters is 1. The van der Waals surface area contributed by atoms with E-state index in [1.54, 1.807) is 6.20 Å². The summed E-state index contributed by atoms with van der Waals surface area (Å²) < 4.78 is 4.77. The molecule has 0 amide bonds. The number of likely N-dealkylation sites (tertiary alicyclic amines) is 1. The molecule has 0 unspecified atom stereocenters. The van der Waals surface area contributed by atoms with Gasteiger partial charge in [0.25, 0.3) is 0 Å². The summed E-state index contributed by atoms with van der Waals surface area (Å²) in [6.07, 6.45) is 2.58. The number of aromatic nitrogens is 1. The summed E-state index contributed by atoms with van der Waals surface area (Å²) in [6, 6.07) is 5.10. The molecule has 1 aromatic rings. The largest absolute Gasteiger partial charge is 0.468 e. The lowest BCUT2D eigenvalue weighted by Gasteiger charge is -2.36. The van der Waals surface area contributed by atoms with Crippen molar-refractivity contribution >= 4 is 5.97 Å². The summed E-state index contributed by atoms with van der Waals surface area (Å²) in [6.45, 7) is 1.32. The molecule has 0 spiro atoms. The van der Waals surface area contributed by atoms with Crippen LogP contribution in [0.2, 0.25) is 0 Å². The summed E-state index contributed by atoms with van der Waals surface area (Å²) in [5.74, 6) is -0.377. The number of methoxy groups -OCH3 is 1. The van der Waals surface area contributed by atoms with Crippen molar-refractivity contribution < 1.29 is 14.6 Å². The van der Waals surface area contributed by atoms with Crippen molar-refractivity contribution in [1.29, 1.82) is 0 Å². The van der Waals surface area contributed by atoms with E-state index in [1.165, 1.54) is 7.11 Å². The van der Waals surface area contributed by atoms with E-state index in [1.807, 2.05) is 23.1 Å². The van der Waals surface area contributed by atoms with Crippen LogP contribution in [-0.2, 0) is 16.1 Å². The lowest BCUT2D eigenvalue weighted by molar-refractivity contribution is -0.154. The van der Waals surface area contributed by atoms with Crippen molar-refractivity contribution in [1.82, 2.24) is 9.88 Å². The molecular weight excluding hydrogens is 232 g/mol. The Kier molecular flexibility index (Phi) is 4.28. The quantitative estimate of drug-likeness (QED) is 0.795. The van der Waals surface area contributed by atoms with Crippen LogP contribution in [0.15, 0.2) is 24.4 Å². The normalized spacial score (nSPS) is 24.8. The molecule has 2 rings (SSSR count). The Balaban J connectivity index is 2.11. The average Bonchev–Trinajstić information content (AvgIpc) is 2.39. The Morgan fingerprint density at radius 2 is 2.44 bits per heavy atom. The maximum Gasteiger partial charge on any atom is 0.325 e. The van der Waals surface area contributed by atoms with Gasteiger partial charge in [-0.1, -0.05) is 6.07 Å². The van der Waals surface area contributed by atoms with Crippen LogP contribution in [0, 0.1) is 0 Å². The standard InChI is InChI=1S/C13H18N2O3/c1-18-13(17)12-11(16)6-4-8-15(12)9-10-5-2-3-7-14-10/h2-3,5,7,11-12,16H,4,6,8-9H2,1H3/t11-,12+/m1/s1. The van der Waals surface area contributed by atoms with Gasteiger partial charge in [-0.3, -0.25) is 14.7 Å². The monoisotopic (exact) mass is 250 g/mol. The molecule has 1 aliphatic rings. The molecule has 1 aliphatic heterocycles. The molecule has 2 atom stereocenters. The Morgan fingerprint density at radius 1 is 1.61 bits per heavy atom. The fourth-order valence-corrected chi connectivity index (χ4v) is 2.35. The highest BCUT2D eigenvalue weighted by molar-refractivity contribution is 5.76. The number of rotatable bonds is 3. The van der Waals surface area contributed by atoms with Crippen molar-refractivity contribution in [3.63, 3.8) is 0 Å². The van der Waals surface area contributed by atoms with Crippen molar-refractivity contribution in [2.24, 2.45) is 0 Å². The number of ether oxygens (including phenoxy) is 1. The smallest absolute Gasteiger partial charge is 0.325 e. The van der Waals surface area contributed by atoms with Gasteiger partial charge in [0.05, 0.1) is 18.9 Å². The molecule has 98 valence electrons. The number of nitrogens with zero attached hydrogens (tertiary/aromatic N) is 2. The molecule has 0 aromatic carbocycles. The first kappa shape index (κ1) is 13.0. The zero-order valence-electron chi connectivity index (χ0n) is 10.5. The Hall–Kier alpha value is -1.46. The molecule has 2 heterocycles. The third kappa shape index (κ3) is 2.86. The zero-order valence-corrected chi connectivity index (χ0v) is 10.5. The first-order valence-electron chi connectivity index (χ1n) is 6.12. The predicted octanol–water partition coefficient (Wildman–Crippen LogP) is 0.580. The SMILES string of the molecule is COC(=O)[C@@H]1[C@H](O)CCCN1Cc1ccccn1. The minimum Gasteiger partial charge on any atom is -0.468 e. The maximum atomic E-state index is 11.7. The molecule has 1 N–H and O–H groups in total. The minimum atomic E-state index is -0.657. The van der Waals surface area contributed by atoms with Gasteiger partial charge in [-0.15, -0.1) is 0 Å². The van der Waals surface area contributed by atoms with Gasteiger partial charge < -0.3 is 9.84 Å². The number of carbonyl (C=O) groups is 1. The van der Waals surface area contributed by atoms with Crippen molar-refractivity contribution in [3.05, 3.63) is 30.1 Å². The van der Waals surface area contributed by atoms with Crippen LogP contribution in [0.1, 0.15) is 18.5 Å². The van der Waals surface area contributed by atoms with Gasteiger partial charge in [-0.25, -0.2) is 0 Å². The van der Waals surface area contributed by atoms with E-state index in [0.717, 1.165) is 18.7 Å². The zero-order chi connectivity index (χ0) is 13.0. The van der Waals surface area contributed by atoms with Gasteiger partial charge in [-0.2, -0.15) is 0 Å². The second-order valence-corrected chi connectivity index (χ2v) is 4.47. The fourth-order valence-electron chi connectivity index (χ4n) is 2.35. The first-order valence-corrected chi connectivity index (χ1v) is 6.12. The van der Waals surface area contributed by atoms with Crippen LogP contribution >= 0.6 is 0 Å². The Morgan fingerprint density at radius 3 is 3.11 bits per heavy atom. The van der Waals surface area contributed by atoms with Gasteiger partial charge in [0.15, 0.2) is 0 Å². The van der Waals surface area contributed by atoms with E-state index < -0.39 is 12.1 Å². The van der Waals surface area contributed by atoms with E-state index in [0.29, 0.717) is 13.0 Å². The third-order valence-corrected chi connectivity index (χ3v) is 3.24. The predicted molar refractivity (Wildman–Crippen MR) is 65.7 cm³/mol. The summed E-state index contributed by atoms with van der Waals surface area (Å²) in [5, 5.41) is 9.96. The lowest BCUT2D eigenvalue weighted by atomic mass is 9.98. The molecule has 0 bridgehead atoms. The molecule has 5 nitrogen and oxygen atoms in total. The van der Waals surface area contributed by atoms with Crippen molar-refractivity contribution in [2.45, 2.75) is 31.5 Å². The van der Waals surface area contributed by atoms with E-state index >= 15 is 0 Å². The van der Waals surface area contributed by atoms with E-state index in [9.17, 15) is 9.90 Å². The Labute approximate surface area is 106 Å². The van der Waals surface area contributed by atoms with Gasteiger partial charge >= 0.3 is 5.97 Å². The third-order valence-electron chi connectivity index (χ3n) is 3.24. The fraction of sp³-hybridized carbons (Fsp3) is 0.538. The number of hydrogen-bond acceptors (Lipinski definition) is 5. The average molecular weight is 250 g/mol. The molecule has 5 heteroatoms. The maximum absolute atomic E-state index is 11.7. The highest BCUT2D eigenvalue weighted by atomic mass is 16.5. The van der Waals surface area contributed by atoms with E-state index in [2.05, 4.69) is 4.98 Å². The van der Waals surface area contributed by atoms with Crippen LogP contribution in [0.5, 0.6) is 0 Å². The summed E-state index contributed by atoms with van der Waals surface area (Å²) in [4.78, 5) is 17.9. The first-order chi connectivity index (χ1) is 8.72. The van der Waals surface area contributed by atoms with Crippen LogP contribution in [-0.4, -0.2) is 46.8 Å². The molecule has 0 saturated carbocycles. The molecule has 0 aliphatic carbocycles. The molecule has 0 radical (unpaired) electrons. The van der Waals surface area contributed by atoms with Crippen molar-refractivity contribution in [3.8, 4) is 0 Å². The number of hydrogen-bond donors (Lipinski definition) is 1. The van der Waals surface area contributed by atoms with Gasteiger partial charge in [-0.05, 0) is 31.5 Å². The number of carbonyl (C=O) groups excluding carboxylic acids is 1. The highest BCUT2D eigenvalue weighted by Gasteiger charge is 2.36. The number of pyridine rings is 1. The topological polar surface area (TPSA) is 62.7 Å². The number of aliphatic hydroxyl groups excluding tert-OH is 1. The van der Waals surface area contributed by atoms with Gasteiger partial charge in [0, 0.05) is 12.7 Å². The summed E-state index contributed by atoms with van der Waals surface area (Å²) in [5.41, 5.74) is 0.889. The molecule has 1 saturated heterocycles. The van der Waals surface area contributed by atoms with Crippen molar-refractivity contribution in [2.75, 3.05) is 13.7 Å².